The van der Waals surface area contributed by atoms with Gasteiger partial charge in [-0.25, -0.2) is 8.78 Å². The maximum Gasteiger partial charge on any atom is 0.214 e. The Morgan fingerprint density at radius 3 is 1.86 bits per heavy atom. The van der Waals surface area contributed by atoms with Crippen molar-refractivity contribution in [1.82, 2.24) is 0 Å². The monoisotopic (exact) mass is 315 g/mol. The summed E-state index contributed by atoms with van der Waals surface area (Å²) in [4.78, 5) is 9.22. The highest BCUT2D eigenvalue weighted by atomic mass is 19.2. The number of rotatable bonds is 5. The zero-order valence-electron chi connectivity index (χ0n) is 14.6. The molecule has 0 aromatic heterocycles. The van der Waals surface area contributed by atoms with Gasteiger partial charge in [-0.2, -0.15) is 0 Å². The van der Waals surface area contributed by atoms with Gasteiger partial charge in [0.2, 0.25) is 5.91 Å². The minimum absolute atomic E-state index is 0.333. The summed E-state index contributed by atoms with van der Waals surface area (Å²) in [5.74, 6) is -0.915. The van der Waals surface area contributed by atoms with E-state index in [1.165, 1.54) is 38.7 Å². The third-order valence-electron chi connectivity index (χ3n) is 2.96. The lowest BCUT2D eigenvalue weighted by atomic mass is 10.0. The van der Waals surface area contributed by atoms with E-state index in [0.717, 1.165) is 24.0 Å². The van der Waals surface area contributed by atoms with Crippen LogP contribution in [-0.2, 0) is 11.2 Å². The number of hydrogen-bond acceptors (Lipinski definition) is 1. The molecule has 0 unspecified atom stereocenters. The number of benzene rings is 1. The van der Waals surface area contributed by atoms with E-state index >= 15 is 0 Å². The van der Waals surface area contributed by atoms with Crippen LogP contribution in [0.3, 0.4) is 0 Å². The molecule has 2 N–H and O–H groups in total. The van der Waals surface area contributed by atoms with Crippen LogP contribution in [0.15, 0.2) is 18.2 Å². The number of amides is 1. The van der Waals surface area contributed by atoms with Gasteiger partial charge in [0.1, 0.15) is 0 Å². The van der Waals surface area contributed by atoms with Gasteiger partial charge < -0.3 is 5.73 Å². The van der Waals surface area contributed by atoms with Crippen LogP contribution in [0.4, 0.5) is 8.78 Å². The number of carbonyl (C=O) groups is 1. The largest absolute Gasteiger partial charge is 0.370 e. The summed E-state index contributed by atoms with van der Waals surface area (Å²) >= 11 is 0. The van der Waals surface area contributed by atoms with Gasteiger partial charge in [0.05, 0.1) is 0 Å². The quantitative estimate of drug-likeness (QED) is 0.793. The molecule has 0 radical (unpaired) electrons. The van der Waals surface area contributed by atoms with E-state index in [1.54, 1.807) is 6.07 Å². The molecule has 0 bridgehead atoms. The van der Waals surface area contributed by atoms with Gasteiger partial charge in [-0.05, 0) is 30.0 Å². The minimum atomic E-state index is -0.780. The van der Waals surface area contributed by atoms with Gasteiger partial charge in [0.15, 0.2) is 11.6 Å². The molecule has 128 valence electrons. The minimum Gasteiger partial charge on any atom is -0.370 e. The molecular formula is C18H31F2NO. The van der Waals surface area contributed by atoms with Crippen molar-refractivity contribution in [2.24, 2.45) is 11.7 Å². The first-order valence-corrected chi connectivity index (χ1v) is 7.98. The third-order valence-corrected chi connectivity index (χ3v) is 2.96. The summed E-state index contributed by atoms with van der Waals surface area (Å²) in [7, 11) is 0. The zero-order valence-corrected chi connectivity index (χ0v) is 14.6. The molecule has 0 fully saturated rings. The second kappa shape index (κ2) is 14.5. The molecule has 4 heteroatoms. The summed E-state index contributed by atoms with van der Waals surface area (Å²) in [6.07, 6.45) is 6.25. The van der Waals surface area contributed by atoms with Crippen molar-refractivity contribution in [3.05, 3.63) is 35.4 Å². The van der Waals surface area contributed by atoms with Gasteiger partial charge in [-0.1, -0.05) is 59.4 Å². The number of halogens is 2. The molecule has 1 aromatic carbocycles. The van der Waals surface area contributed by atoms with E-state index in [4.69, 9.17) is 0 Å². The lowest BCUT2D eigenvalue weighted by Gasteiger charge is -2.05. The fourth-order valence-electron chi connectivity index (χ4n) is 1.89. The first-order valence-electron chi connectivity index (χ1n) is 7.98. The van der Waals surface area contributed by atoms with Crippen LogP contribution in [0, 0.1) is 17.6 Å². The van der Waals surface area contributed by atoms with E-state index in [-0.39, 0.29) is 5.91 Å². The number of carbonyl (C=O) groups excluding carboxylic acids is 1. The van der Waals surface area contributed by atoms with Crippen molar-refractivity contribution >= 4 is 5.91 Å². The maximum atomic E-state index is 12.4. The number of primary amides is 1. The molecule has 0 saturated carbocycles. The smallest absolute Gasteiger partial charge is 0.214 e. The molecule has 1 amide bonds. The molecule has 2 nitrogen and oxygen atoms in total. The molecule has 0 atom stereocenters. The second-order valence-electron chi connectivity index (χ2n) is 5.40. The molecular weight excluding hydrogens is 284 g/mol. The maximum absolute atomic E-state index is 12.4. The van der Waals surface area contributed by atoms with Crippen molar-refractivity contribution in [1.29, 1.82) is 0 Å². The SMILES string of the molecule is CC(N)=O.CCCC(C)CCC.CCc1ccc(F)c(F)c1. The Morgan fingerprint density at radius 1 is 1.09 bits per heavy atom. The molecule has 0 spiro atoms. The van der Waals surface area contributed by atoms with Gasteiger partial charge in [-0.3, -0.25) is 4.79 Å². The van der Waals surface area contributed by atoms with Gasteiger partial charge >= 0.3 is 0 Å². The topological polar surface area (TPSA) is 43.1 Å². The summed E-state index contributed by atoms with van der Waals surface area (Å²) in [5, 5.41) is 0. The lowest BCUT2D eigenvalue weighted by molar-refractivity contribution is -0.115. The molecule has 1 aromatic rings. The van der Waals surface area contributed by atoms with Crippen molar-refractivity contribution in [2.45, 2.75) is 66.7 Å². The van der Waals surface area contributed by atoms with E-state index < -0.39 is 11.6 Å². The molecule has 0 heterocycles. The standard InChI is InChI=1S/C8H8F2.C8H18.C2H5NO/c1-2-6-3-4-7(9)8(10)5-6;1-4-6-8(3)7-5-2;1-2(3)4/h3-5H,2H2,1H3;8H,4-7H2,1-3H3;1H3,(H2,3,4). The van der Waals surface area contributed by atoms with E-state index in [1.807, 2.05) is 6.92 Å². The van der Waals surface area contributed by atoms with Crippen LogP contribution >= 0.6 is 0 Å². The lowest BCUT2D eigenvalue weighted by Crippen LogP contribution is -2.01. The number of aryl methyl sites for hydroxylation is 1. The predicted octanol–water partition coefficient (Wildman–Crippen LogP) is 5.24. The third kappa shape index (κ3) is 14.9. The van der Waals surface area contributed by atoms with Crippen molar-refractivity contribution in [2.75, 3.05) is 0 Å². The van der Waals surface area contributed by atoms with Crippen molar-refractivity contribution < 1.29 is 13.6 Å². The van der Waals surface area contributed by atoms with Crippen LogP contribution in [0.5, 0.6) is 0 Å². The normalized spacial score (nSPS) is 9.45. The van der Waals surface area contributed by atoms with E-state index in [9.17, 15) is 13.6 Å². The summed E-state index contributed by atoms with van der Waals surface area (Å²) in [6.45, 7) is 10.1. The van der Waals surface area contributed by atoms with Crippen LogP contribution in [0.1, 0.15) is 65.9 Å². The Balaban J connectivity index is 0. The number of nitrogens with two attached hydrogens (primary N) is 1. The predicted molar refractivity (Wildman–Crippen MR) is 89.6 cm³/mol. The molecule has 0 aliphatic heterocycles. The Bertz CT molecular complexity index is 398. The highest BCUT2D eigenvalue weighted by molar-refractivity contribution is 5.70. The fourth-order valence-corrected chi connectivity index (χ4v) is 1.89. The van der Waals surface area contributed by atoms with Crippen LogP contribution in [-0.4, -0.2) is 5.91 Å². The van der Waals surface area contributed by atoms with Crippen LogP contribution in [0.25, 0.3) is 0 Å². The molecule has 0 saturated heterocycles. The average Bonchev–Trinajstić information content (AvgIpc) is 2.42. The Hall–Kier alpha value is -1.45. The molecule has 0 aliphatic carbocycles. The highest BCUT2D eigenvalue weighted by Crippen LogP contribution is 2.10. The molecule has 22 heavy (non-hydrogen) atoms. The van der Waals surface area contributed by atoms with Crippen LogP contribution in [0.2, 0.25) is 0 Å². The average molecular weight is 315 g/mol. The van der Waals surface area contributed by atoms with Gasteiger partial charge in [-0.15, -0.1) is 0 Å². The van der Waals surface area contributed by atoms with Crippen molar-refractivity contribution in [3.8, 4) is 0 Å². The first kappa shape index (κ1) is 22.8. The fraction of sp³-hybridized carbons (Fsp3) is 0.611. The van der Waals surface area contributed by atoms with E-state index in [2.05, 4.69) is 26.5 Å². The first-order chi connectivity index (χ1) is 10.3. The van der Waals surface area contributed by atoms with Gasteiger partial charge in [0.25, 0.3) is 0 Å². The highest BCUT2D eigenvalue weighted by Gasteiger charge is 1.99. The van der Waals surface area contributed by atoms with Crippen molar-refractivity contribution in [3.63, 3.8) is 0 Å². The summed E-state index contributed by atoms with van der Waals surface area (Å²) in [5.41, 5.74) is 5.29. The Kier molecular flexibility index (Phi) is 15.0. The summed E-state index contributed by atoms with van der Waals surface area (Å²) < 4.78 is 24.7. The van der Waals surface area contributed by atoms with E-state index in [0.29, 0.717) is 0 Å². The molecule has 0 aliphatic rings. The second-order valence-corrected chi connectivity index (χ2v) is 5.40. The zero-order chi connectivity index (χ0) is 17.5. The Labute approximate surface area is 134 Å². The number of hydrogen-bond donors (Lipinski definition) is 1. The molecule has 1 rings (SSSR count). The summed E-state index contributed by atoms with van der Waals surface area (Å²) in [6, 6.07) is 3.95. The van der Waals surface area contributed by atoms with Crippen LogP contribution < -0.4 is 5.73 Å². The Morgan fingerprint density at radius 2 is 1.55 bits per heavy atom. The van der Waals surface area contributed by atoms with Gasteiger partial charge in [0, 0.05) is 6.92 Å².